The van der Waals surface area contributed by atoms with E-state index in [-0.39, 0.29) is 10.2 Å². The first kappa shape index (κ1) is 11.9. The zero-order valence-electron chi connectivity index (χ0n) is 8.43. The number of hydrogen-bond donors (Lipinski definition) is 1. The fourth-order valence-electron chi connectivity index (χ4n) is 1.28. The lowest BCUT2D eigenvalue weighted by atomic mass is 10.3. The van der Waals surface area contributed by atoms with Crippen molar-refractivity contribution in [2.45, 2.75) is 12.2 Å². The summed E-state index contributed by atoms with van der Waals surface area (Å²) in [7, 11) is 0. The highest BCUT2D eigenvalue weighted by Crippen LogP contribution is 2.27. The molecule has 1 aromatic carbocycles. The van der Waals surface area contributed by atoms with E-state index in [0.29, 0.717) is 10.4 Å². The van der Waals surface area contributed by atoms with Gasteiger partial charge < -0.3 is 5.32 Å². The summed E-state index contributed by atoms with van der Waals surface area (Å²) in [5.41, 5.74) is 0.230. The van der Waals surface area contributed by atoms with Gasteiger partial charge in [0.15, 0.2) is 5.17 Å². The summed E-state index contributed by atoms with van der Waals surface area (Å²) in [5, 5.41) is 3.92. The van der Waals surface area contributed by atoms with E-state index in [1.165, 1.54) is 6.07 Å². The first-order valence-corrected chi connectivity index (χ1v) is 6.36. The molecule has 0 saturated carbocycles. The number of halogens is 3. The Balaban J connectivity index is 2.19. The minimum atomic E-state index is -0.622. The first-order valence-electron chi connectivity index (χ1n) is 4.69. The Kier molecular flexibility index (Phi) is 3.49. The lowest BCUT2D eigenvalue weighted by Gasteiger charge is -2.08. The average Bonchev–Trinajstić information content (AvgIpc) is 2.60. The van der Waals surface area contributed by atoms with Crippen LogP contribution in [0.15, 0.2) is 21.6 Å². The van der Waals surface area contributed by atoms with Crippen molar-refractivity contribution in [2.24, 2.45) is 4.99 Å². The molecule has 6 heteroatoms. The quantitative estimate of drug-likeness (QED) is 0.801. The molecule has 0 amide bonds. The fraction of sp³-hybridized carbons (Fsp3) is 0.300. The molecule has 1 unspecified atom stereocenters. The largest absolute Gasteiger partial charge is 0.333 e. The third-order valence-electron chi connectivity index (χ3n) is 2.06. The Hall–Kier alpha value is -0.620. The van der Waals surface area contributed by atoms with Gasteiger partial charge in [-0.3, -0.25) is 4.99 Å². The van der Waals surface area contributed by atoms with Crippen molar-refractivity contribution in [3.05, 3.63) is 28.2 Å². The van der Waals surface area contributed by atoms with Crippen LogP contribution in [-0.4, -0.2) is 17.0 Å². The lowest BCUT2D eigenvalue weighted by Crippen LogP contribution is -2.08. The first-order chi connectivity index (χ1) is 7.56. The molecule has 0 bridgehead atoms. The van der Waals surface area contributed by atoms with Gasteiger partial charge >= 0.3 is 0 Å². The van der Waals surface area contributed by atoms with Gasteiger partial charge in [0.25, 0.3) is 0 Å². The van der Waals surface area contributed by atoms with E-state index in [0.717, 1.165) is 12.6 Å². The summed E-state index contributed by atoms with van der Waals surface area (Å²) >= 11 is 4.56. The van der Waals surface area contributed by atoms with E-state index in [9.17, 15) is 8.78 Å². The molecule has 0 saturated heterocycles. The molecule has 1 aromatic rings. The summed E-state index contributed by atoms with van der Waals surface area (Å²) in [6.07, 6.45) is 0. The summed E-state index contributed by atoms with van der Waals surface area (Å²) in [6, 6.07) is 2.22. The van der Waals surface area contributed by atoms with E-state index >= 15 is 0 Å². The van der Waals surface area contributed by atoms with E-state index in [1.54, 1.807) is 11.8 Å². The van der Waals surface area contributed by atoms with Gasteiger partial charge in [-0.25, -0.2) is 8.78 Å². The molecule has 0 spiro atoms. The molecule has 1 aliphatic rings. The van der Waals surface area contributed by atoms with Crippen LogP contribution in [0.2, 0.25) is 0 Å². The second-order valence-electron chi connectivity index (χ2n) is 3.45. The van der Waals surface area contributed by atoms with E-state index in [1.807, 2.05) is 6.92 Å². The van der Waals surface area contributed by atoms with Gasteiger partial charge in [-0.05, 0) is 22.0 Å². The van der Waals surface area contributed by atoms with Crippen LogP contribution in [0.5, 0.6) is 0 Å². The molecular weight excluding hydrogens is 298 g/mol. The molecule has 0 aliphatic carbocycles. The van der Waals surface area contributed by atoms with Gasteiger partial charge in [0.1, 0.15) is 11.6 Å². The second kappa shape index (κ2) is 4.71. The number of nitrogens with zero attached hydrogens (tertiary/aromatic N) is 1. The maximum absolute atomic E-state index is 13.4. The zero-order valence-corrected chi connectivity index (χ0v) is 10.8. The standard InChI is InChI=1S/C10H9BrF2N2S/c1-5-4-14-10(16-5)15-9-2-6(11)7(12)3-8(9)13/h2-3,5H,4H2,1H3,(H,14,15). The van der Waals surface area contributed by atoms with Gasteiger partial charge in [0.2, 0.25) is 0 Å². The second-order valence-corrected chi connectivity index (χ2v) is 5.73. The molecule has 2 rings (SSSR count). The van der Waals surface area contributed by atoms with Gasteiger partial charge in [0.05, 0.1) is 16.7 Å². The average molecular weight is 307 g/mol. The molecular formula is C10H9BrF2N2S. The Morgan fingerprint density at radius 1 is 1.44 bits per heavy atom. The summed E-state index contributed by atoms with van der Waals surface area (Å²) in [5.74, 6) is -1.24. The monoisotopic (exact) mass is 306 g/mol. The molecule has 2 nitrogen and oxygen atoms in total. The van der Waals surface area contributed by atoms with Crippen molar-refractivity contribution in [1.29, 1.82) is 0 Å². The number of anilines is 1. The van der Waals surface area contributed by atoms with E-state index < -0.39 is 11.6 Å². The summed E-state index contributed by atoms with van der Waals surface area (Å²) in [6.45, 7) is 2.76. The van der Waals surface area contributed by atoms with Crippen LogP contribution in [0, 0.1) is 11.6 Å². The minimum Gasteiger partial charge on any atom is -0.333 e. The molecule has 1 N–H and O–H groups in total. The van der Waals surface area contributed by atoms with Crippen LogP contribution >= 0.6 is 27.7 Å². The predicted octanol–water partition coefficient (Wildman–Crippen LogP) is 3.63. The highest BCUT2D eigenvalue weighted by atomic mass is 79.9. The lowest BCUT2D eigenvalue weighted by molar-refractivity contribution is 0.582. The molecule has 1 atom stereocenters. The summed E-state index contributed by atoms with van der Waals surface area (Å²) < 4.78 is 26.6. The number of amidine groups is 1. The van der Waals surface area contributed by atoms with Crippen molar-refractivity contribution in [3.63, 3.8) is 0 Å². The van der Waals surface area contributed by atoms with E-state index in [4.69, 9.17) is 0 Å². The van der Waals surface area contributed by atoms with Gasteiger partial charge in [-0.2, -0.15) is 0 Å². The van der Waals surface area contributed by atoms with Gasteiger partial charge in [-0.1, -0.05) is 18.7 Å². The van der Waals surface area contributed by atoms with E-state index in [2.05, 4.69) is 26.2 Å². The highest BCUT2D eigenvalue weighted by Gasteiger charge is 2.17. The predicted molar refractivity (Wildman–Crippen MR) is 67.0 cm³/mol. The van der Waals surface area contributed by atoms with Crippen LogP contribution in [0.25, 0.3) is 0 Å². The molecule has 86 valence electrons. The van der Waals surface area contributed by atoms with Crippen molar-refractivity contribution in [1.82, 2.24) is 0 Å². The Labute approximate surface area is 105 Å². The number of hydrogen-bond acceptors (Lipinski definition) is 3. The van der Waals surface area contributed by atoms with Gasteiger partial charge in [-0.15, -0.1) is 0 Å². The summed E-state index contributed by atoms with van der Waals surface area (Å²) in [4.78, 5) is 4.20. The van der Waals surface area contributed by atoms with Crippen LogP contribution in [0.1, 0.15) is 6.92 Å². The topological polar surface area (TPSA) is 24.4 Å². The number of aliphatic imine (C=N–C) groups is 1. The smallest absolute Gasteiger partial charge is 0.161 e. The zero-order chi connectivity index (χ0) is 11.7. The SMILES string of the molecule is CC1CN=C(Nc2cc(Br)c(F)cc2F)S1. The molecule has 16 heavy (non-hydrogen) atoms. The van der Waals surface area contributed by atoms with Crippen LogP contribution in [-0.2, 0) is 0 Å². The molecule has 0 aromatic heterocycles. The normalized spacial score (nSPS) is 19.8. The molecule has 0 radical (unpaired) electrons. The van der Waals surface area contributed by atoms with Crippen LogP contribution in [0.4, 0.5) is 14.5 Å². The third kappa shape index (κ3) is 2.55. The minimum absolute atomic E-state index is 0.230. The van der Waals surface area contributed by atoms with Crippen molar-refractivity contribution in [3.8, 4) is 0 Å². The number of rotatable bonds is 1. The molecule has 0 fully saturated rings. The van der Waals surface area contributed by atoms with Crippen LogP contribution in [0.3, 0.4) is 0 Å². The Morgan fingerprint density at radius 2 is 2.19 bits per heavy atom. The number of benzene rings is 1. The number of nitrogens with one attached hydrogen (secondary N) is 1. The molecule has 1 aliphatic heterocycles. The van der Waals surface area contributed by atoms with Gasteiger partial charge in [0, 0.05) is 11.3 Å². The Morgan fingerprint density at radius 3 is 2.81 bits per heavy atom. The van der Waals surface area contributed by atoms with Crippen molar-refractivity contribution in [2.75, 3.05) is 11.9 Å². The Bertz CT molecular complexity index is 451. The van der Waals surface area contributed by atoms with Crippen LogP contribution < -0.4 is 5.32 Å². The van der Waals surface area contributed by atoms with Crippen molar-refractivity contribution < 1.29 is 8.78 Å². The molecule has 1 heterocycles. The maximum Gasteiger partial charge on any atom is 0.161 e. The maximum atomic E-state index is 13.4. The highest BCUT2D eigenvalue weighted by molar-refractivity contribution is 9.10. The fourth-order valence-corrected chi connectivity index (χ4v) is 2.47. The number of thioether (sulfide) groups is 1. The van der Waals surface area contributed by atoms with Crippen molar-refractivity contribution >= 4 is 38.5 Å². The third-order valence-corrected chi connectivity index (χ3v) is 3.67.